The second kappa shape index (κ2) is 8.04. The molecule has 0 aliphatic carbocycles. The molecule has 0 radical (unpaired) electrons. The first-order chi connectivity index (χ1) is 14.8. The molecule has 1 N–H and O–H groups in total. The number of amides is 1. The van der Waals surface area contributed by atoms with E-state index >= 15 is 0 Å². The van der Waals surface area contributed by atoms with E-state index in [1.165, 1.54) is 4.31 Å². The molecule has 1 aliphatic heterocycles. The van der Waals surface area contributed by atoms with Crippen LogP contribution in [0.15, 0.2) is 77.7 Å². The summed E-state index contributed by atoms with van der Waals surface area (Å²) in [6, 6.07) is 22.1. The smallest absolute Gasteiger partial charge is 0.270 e. The zero-order valence-electron chi connectivity index (χ0n) is 17.7. The predicted octanol–water partition coefficient (Wildman–Crippen LogP) is 4.87. The van der Waals surface area contributed by atoms with Crippen molar-refractivity contribution in [3.05, 3.63) is 100.0 Å². The molecule has 0 spiro atoms. The van der Waals surface area contributed by atoms with Gasteiger partial charge in [0.15, 0.2) is 4.91 Å². The lowest BCUT2D eigenvalue weighted by atomic mass is 9.95. The number of aryl methyl sites for hydroxylation is 2. The quantitative estimate of drug-likeness (QED) is 0.640. The van der Waals surface area contributed by atoms with Crippen molar-refractivity contribution in [3.63, 3.8) is 0 Å². The number of fused-ring (bicyclic) bond motifs is 1. The Balaban J connectivity index is 1.97. The van der Waals surface area contributed by atoms with E-state index in [-0.39, 0.29) is 11.4 Å². The van der Waals surface area contributed by atoms with Gasteiger partial charge < -0.3 is 5.32 Å². The van der Waals surface area contributed by atoms with Gasteiger partial charge in [0.2, 0.25) is 0 Å². The summed E-state index contributed by atoms with van der Waals surface area (Å²) in [5.74, 6) is -0.640. The standard InChI is InChI=1S/C25H24N2O3S/c1-4-27-22-13-9-8-12-20(22)23(19-10-6-5-7-11-19)24(31(27,29)30)25(28)26-21-15-14-17(2)16-18(21)3/h5-16H,4H2,1-3H3,(H,26,28). The number of hydrogen-bond donors (Lipinski definition) is 1. The lowest BCUT2D eigenvalue weighted by Crippen LogP contribution is -2.39. The zero-order valence-corrected chi connectivity index (χ0v) is 18.5. The van der Waals surface area contributed by atoms with Crippen LogP contribution in [0.5, 0.6) is 0 Å². The van der Waals surface area contributed by atoms with Gasteiger partial charge in [-0.3, -0.25) is 9.10 Å². The highest BCUT2D eigenvalue weighted by atomic mass is 32.2. The van der Waals surface area contributed by atoms with Crippen molar-refractivity contribution < 1.29 is 13.2 Å². The Hall–Kier alpha value is -3.38. The van der Waals surface area contributed by atoms with Crippen LogP contribution in [0.1, 0.15) is 29.2 Å². The van der Waals surface area contributed by atoms with E-state index in [0.29, 0.717) is 22.5 Å². The highest BCUT2D eigenvalue weighted by Gasteiger charge is 2.40. The SMILES string of the molecule is CCN1c2ccccc2C(c2ccccc2)=C(C(=O)Nc2ccc(C)cc2C)S1(=O)=O. The first-order valence-corrected chi connectivity index (χ1v) is 11.6. The van der Waals surface area contributed by atoms with Crippen LogP contribution < -0.4 is 9.62 Å². The molecule has 0 atom stereocenters. The van der Waals surface area contributed by atoms with Crippen LogP contribution in [0, 0.1) is 13.8 Å². The third-order valence-corrected chi connectivity index (χ3v) is 7.34. The maximum Gasteiger partial charge on any atom is 0.270 e. The molecule has 31 heavy (non-hydrogen) atoms. The van der Waals surface area contributed by atoms with Gasteiger partial charge in [-0.1, -0.05) is 66.2 Å². The molecular weight excluding hydrogens is 408 g/mol. The van der Waals surface area contributed by atoms with Crippen molar-refractivity contribution in [1.29, 1.82) is 0 Å². The molecule has 0 fully saturated rings. The Labute approximate surface area is 183 Å². The first kappa shape index (κ1) is 20.9. The van der Waals surface area contributed by atoms with Crippen molar-refractivity contribution in [1.82, 2.24) is 0 Å². The van der Waals surface area contributed by atoms with Gasteiger partial charge in [-0.15, -0.1) is 0 Å². The highest BCUT2D eigenvalue weighted by Crippen LogP contribution is 2.42. The molecule has 3 aromatic carbocycles. The predicted molar refractivity (Wildman–Crippen MR) is 125 cm³/mol. The molecule has 0 aromatic heterocycles. The molecule has 0 bridgehead atoms. The lowest BCUT2D eigenvalue weighted by molar-refractivity contribution is -0.112. The fourth-order valence-corrected chi connectivity index (χ4v) is 5.74. The fourth-order valence-electron chi connectivity index (χ4n) is 3.99. The van der Waals surface area contributed by atoms with Gasteiger partial charge in [0, 0.05) is 23.4 Å². The van der Waals surface area contributed by atoms with Gasteiger partial charge in [-0.25, -0.2) is 8.42 Å². The van der Waals surface area contributed by atoms with E-state index in [0.717, 1.165) is 16.7 Å². The summed E-state index contributed by atoms with van der Waals surface area (Å²) in [5.41, 5.74) is 4.92. The molecule has 5 nitrogen and oxygen atoms in total. The second-order valence-corrected chi connectivity index (χ2v) is 9.33. The van der Waals surface area contributed by atoms with Crippen molar-refractivity contribution in [2.75, 3.05) is 16.2 Å². The minimum atomic E-state index is -4.06. The average Bonchev–Trinajstić information content (AvgIpc) is 2.75. The molecule has 6 heteroatoms. The third-order valence-electron chi connectivity index (χ3n) is 5.40. The molecule has 0 unspecified atom stereocenters. The summed E-state index contributed by atoms with van der Waals surface area (Å²) in [6.07, 6.45) is 0. The van der Waals surface area contributed by atoms with Gasteiger partial charge in [-0.05, 0) is 44.0 Å². The number of sulfonamides is 1. The molecule has 4 rings (SSSR count). The molecule has 158 valence electrons. The third kappa shape index (κ3) is 3.64. The van der Waals surface area contributed by atoms with Crippen LogP contribution in [-0.2, 0) is 14.8 Å². The molecule has 1 aliphatic rings. The Bertz CT molecular complexity index is 1300. The van der Waals surface area contributed by atoms with Crippen LogP contribution in [0.25, 0.3) is 5.57 Å². The molecule has 0 saturated carbocycles. The average molecular weight is 433 g/mol. The van der Waals surface area contributed by atoms with Gasteiger partial charge >= 0.3 is 0 Å². The van der Waals surface area contributed by atoms with Crippen LogP contribution in [0.4, 0.5) is 11.4 Å². The largest absolute Gasteiger partial charge is 0.321 e. The maximum atomic E-state index is 13.7. The molecule has 0 saturated heterocycles. The summed E-state index contributed by atoms with van der Waals surface area (Å²) in [4.78, 5) is 13.3. The number of para-hydroxylation sites is 1. The molecule has 1 amide bonds. The summed E-state index contributed by atoms with van der Waals surface area (Å²) >= 11 is 0. The number of nitrogens with one attached hydrogen (secondary N) is 1. The Morgan fingerprint density at radius 1 is 0.935 bits per heavy atom. The molecule has 3 aromatic rings. The van der Waals surface area contributed by atoms with E-state index in [4.69, 9.17) is 0 Å². The fraction of sp³-hybridized carbons (Fsp3) is 0.160. The Morgan fingerprint density at radius 3 is 2.29 bits per heavy atom. The van der Waals surface area contributed by atoms with E-state index < -0.39 is 15.9 Å². The lowest BCUT2D eigenvalue weighted by Gasteiger charge is -2.32. The number of benzene rings is 3. The topological polar surface area (TPSA) is 66.5 Å². The van der Waals surface area contributed by atoms with Gasteiger partial charge in [0.1, 0.15) is 0 Å². The summed E-state index contributed by atoms with van der Waals surface area (Å²) < 4.78 is 28.6. The summed E-state index contributed by atoms with van der Waals surface area (Å²) in [7, 11) is -4.06. The van der Waals surface area contributed by atoms with Crippen molar-refractivity contribution in [2.45, 2.75) is 20.8 Å². The number of carbonyl (C=O) groups is 1. The van der Waals surface area contributed by atoms with Gasteiger partial charge in [-0.2, -0.15) is 0 Å². The van der Waals surface area contributed by atoms with Crippen molar-refractivity contribution in [3.8, 4) is 0 Å². The van der Waals surface area contributed by atoms with Gasteiger partial charge in [0.25, 0.3) is 15.9 Å². The van der Waals surface area contributed by atoms with E-state index in [1.54, 1.807) is 25.1 Å². The Kier molecular flexibility index (Phi) is 5.41. The zero-order chi connectivity index (χ0) is 22.2. The number of rotatable bonds is 4. The number of hydrogen-bond acceptors (Lipinski definition) is 3. The minimum Gasteiger partial charge on any atom is -0.321 e. The van der Waals surface area contributed by atoms with E-state index in [1.807, 2.05) is 68.4 Å². The minimum absolute atomic E-state index is 0.224. The number of carbonyl (C=O) groups excluding carboxylic acids is 1. The number of nitrogens with zero attached hydrogens (tertiary/aromatic N) is 1. The van der Waals surface area contributed by atoms with Crippen LogP contribution in [0.2, 0.25) is 0 Å². The van der Waals surface area contributed by atoms with Crippen molar-refractivity contribution in [2.24, 2.45) is 0 Å². The normalized spacial score (nSPS) is 14.9. The van der Waals surface area contributed by atoms with Gasteiger partial charge in [0.05, 0.1) is 5.69 Å². The second-order valence-electron chi connectivity index (χ2n) is 7.53. The summed E-state index contributed by atoms with van der Waals surface area (Å²) in [5, 5.41) is 2.84. The van der Waals surface area contributed by atoms with E-state index in [2.05, 4.69) is 5.32 Å². The molecule has 1 heterocycles. The molecular formula is C25H24N2O3S. The first-order valence-electron chi connectivity index (χ1n) is 10.1. The number of anilines is 2. The highest BCUT2D eigenvalue weighted by molar-refractivity contribution is 7.97. The summed E-state index contributed by atoms with van der Waals surface area (Å²) in [6.45, 7) is 5.84. The van der Waals surface area contributed by atoms with Crippen LogP contribution in [-0.4, -0.2) is 20.9 Å². The maximum absolute atomic E-state index is 13.7. The van der Waals surface area contributed by atoms with Crippen LogP contribution in [0.3, 0.4) is 0 Å². The monoisotopic (exact) mass is 432 g/mol. The van der Waals surface area contributed by atoms with E-state index in [9.17, 15) is 13.2 Å². The van der Waals surface area contributed by atoms with Crippen molar-refractivity contribution >= 4 is 32.9 Å². The van der Waals surface area contributed by atoms with Crippen LogP contribution >= 0.6 is 0 Å². The Morgan fingerprint density at radius 2 is 1.61 bits per heavy atom.